The Kier molecular flexibility index (Phi) is 3.26. The summed E-state index contributed by atoms with van der Waals surface area (Å²) in [5, 5.41) is 9.04. The predicted octanol–water partition coefficient (Wildman–Crippen LogP) is 2.98. The van der Waals surface area contributed by atoms with Crippen LogP contribution in [0.4, 0.5) is 0 Å². The van der Waals surface area contributed by atoms with Gasteiger partial charge in [0, 0.05) is 6.61 Å². The Morgan fingerprint density at radius 2 is 1.31 bits per heavy atom. The van der Waals surface area contributed by atoms with Crippen LogP contribution in [-0.4, -0.2) is 11.7 Å². The van der Waals surface area contributed by atoms with Gasteiger partial charge in [-0.25, -0.2) is 0 Å². The zero-order valence-corrected chi connectivity index (χ0v) is 8.54. The second-order valence-corrected chi connectivity index (χ2v) is 5.01. The van der Waals surface area contributed by atoms with Gasteiger partial charge < -0.3 is 5.11 Å². The highest BCUT2D eigenvalue weighted by Crippen LogP contribution is 2.40. The third-order valence-corrected chi connectivity index (χ3v) is 4.22. The number of hydrogen-bond donors (Lipinski definition) is 1. The molecule has 2 fully saturated rings. The lowest BCUT2D eigenvalue weighted by atomic mass is 9.75. The van der Waals surface area contributed by atoms with Crippen molar-refractivity contribution in [2.45, 2.75) is 51.4 Å². The predicted molar refractivity (Wildman–Crippen MR) is 54.5 cm³/mol. The lowest BCUT2D eigenvalue weighted by molar-refractivity contribution is 0.144. The summed E-state index contributed by atoms with van der Waals surface area (Å²) in [5.74, 6) is 2.71. The van der Waals surface area contributed by atoms with Crippen molar-refractivity contribution in [2.24, 2.45) is 17.8 Å². The molecule has 0 amide bonds. The lowest BCUT2D eigenvalue weighted by Gasteiger charge is -2.31. The minimum Gasteiger partial charge on any atom is -0.396 e. The number of aliphatic hydroxyl groups excluding tert-OH is 1. The first-order chi connectivity index (χ1) is 6.40. The molecule has 1 nitrogen and oxygen atoms in total. The van der Waals surface area contributed by atoms with Crippen molar-refractivity contribution in [3.05, 3.63) is 0 Å². The third-order valence-electron chi connectivity index (χ3n) is 4.22. The van der Waals surface area contributed by atoms with Gasteiger partial charge >= 0.3 is 0 Å². The van der Waals surface area contributed by atoms with E-state index in [4.69, 9.17) is 5.11 Å². The van der Waals surface area contributed by atoms with Gasteiger partial charge in [0.15, 0.2) is 0 Å². The molecule has 0 saturated heterocycles. The van der Waals surface area contributed by atoms with Crippen molar-refractivity contribution in [1.29, 1.82) is 0 Å². The average molecular weight is 182 g/mol. The van der Waals surface area contributed by atoms with E-state index in [1.165, 1.54) is 51.4 Å². The van der Waals surface area contributed by atoms with Crippen LogP contribution in [0, 0.1) is 17.8 Å². The molecule has 0 aliphatic heterocycles. The van der Waals surface area contributed by atoms with Crippen LogP contribution in [-0.2, 0) is 0 Å². The van der Waals surface area contributed by atoms with Crippen LogP contribution in [0.5, 0.6) is 0 Å². The van der Waals surface area contributed by atoms with E-state index in [0.717, 1.165) is 11.8 Å². The van der Waals surface area contributed by atoms with Crippen molar-refractivity contribution in [3.63, 3.8) is 0 Å². The van der Waals surface area contributed by atoms with E-state index in [9.17, 15) is 0 Å². The Balaban J connectivity index is 1.77. The van der Waals surface area contributed by atoms with Gasteiger partial charge in [-0.05, 0) is 43.4 Å². The number of aliphatic hydroxyl groups is 1. The van der Waals surface area contributed by atoms with E-state index < -0.39 is 0 Å². The fraction of sp³-hybridized carbons (Fsp3) is 1.00. The molecule has 0 heterocycles. The maximum atomic E-state index is 9.04. The van der Waals surface area contributed by atoms with Crippen molar-refractivity contribution in [3.8, 4) is 0 Å². The molecule has 0 aromatic heterocycles. The number of hydrogen-bond acceptors (Lipinski definition) is 1. The summed E-state index contributed by atoms with van der Waals surface area (Å²) in [4.78, 5) is 0. The van der Waals surface area contributed by atoms with Crippen LogP contribution in [0.3, 0.4) is 0 Å². The Hall–Kier alpha value is -0.0400. The second kappa shape index (κ2) is 4.45. The largest absolute Gasteiger partial charge is 0.396 e. The fourth-order valence-electron chi connectivity index (χ4n) is 3.27. The first-order valence-electron chi connectivity index (χ1n) is 6.01. The molecule has 0 spiro atoms. The van der Waals surface area contributed by atoms with Gasteiger partial charge in [-0.3, -0.25) is 0 Å². The highest BCUT2D eigenvalue weighted by Gasteiger charge is 2.28. The molecule has 0 unspecified atom stereocenters. The molecule has 0 aromatic rings. The minimum atomic E-state index is 0.428. The summed E-state index contributed by atoms with van der Waals surface area (Å²) in [7, 11) is 0. The summed E-state index contributed by atoms with van der Waals surface area (Å²) in [6.07, 6.45) is 11.3. The van der Waals surface area contributed by atoms with Crippen LogP contribution in [0.2, 0.25) is 0 Å². The van der Waals surface area contributed by atoms with E-state index in [2.05, 4.69) is 0 Å². The normalized spacial score (nSPS) is 36.7. The zero-order chi connectivity index (χ0) is 9.10. The van der Waals surface area contributed by atoms with Crippen molar-refractivity contribution in [1.82, 2.24) is 0 Å². The van der Waals surface area contributed by atoms with E-state index in [-0.39, 0.29) is 0 Å². The van der Waals surface area contributed by atoms with Crippen LogP contribution < -0.4 is 0 Å². The highest BCUT2D eigenvalue weighted by atomic mass is 16.3. The first-order valence-corrected chi connectivity index (χ1v) is 6.01. The molecule has 1 heteroatoms. The summed E-state index contributed by atoms with van der Waals surface area (Å²) >= 11 is 0. The molecule has 2 rings (SSSR count). The van der Waals surface area contributed by atoms with Gasteiger partial charge in [-0.2, -0.15) is 0 Å². The standard InChI is InChI=1S/C12H22O/c13-9-10-5-7-12(8-6-10)11-3-1-2-4-11/h10-13H,1-9H2. The van der Waals surface area contributed by atoms with Gasteiger partial charge in [0.05, 0.1) is 0 Å². The van der Waals surface area contributed by atoms with Gasteiger partial charge in [0.1, 0.15) is 0 Å². The average Bonchev–Trinajstić information content (AvgIpc) is 2.71. The molecule has 0 bridgehead atoms. The Bertz CT molecular complexity index is 141. The fourth-order valence-corrected chi connectivity index (χ4v) is 3.27. The lowest BCUT2D eigenvalue weighted by Crippen LogP contribution is -2.21. The highest BCUT2D eigenvalue weighted by molar-refractivity contribution is 4.80. The van der Waals surface area contributed by atoms with Crippen LogP contribution >= 0.6 is 0 Å². The van der Waals surface area contributed by atoms with Crippen LogP contribution in [0.15, 0.2) is 0 Å². The maximum absolute atomic E-state index is 9.04. The molecular formula is C12H22O. The molecule has 76 valence electrons. The van der Waals surface area contributed by atoms with Crippen molar-refractivity contribution < 1.29 is 5.11 Å². The molecule has 2 aliphatic rings. The molecule has 0 aromatic carbocycles. The summed E-state index contributed by atoms with van der Waals surface area (Å²) < 4.78 is 0. The van der Waals surface area contributed by atoms with Gasteiger partial charge in [0.25, 0.3) is 0 Å². The summed E-state index contributed by atoms with van der Waals surface area (Å²) in [6, 6.07) is 0. The molecule has 0 radical (unpaired) electrons. The molecular weight excluding hydrogens is 160 g/mol. The molecule has 2 aliphatic carbocycles. The Morgan fingerprint density at radius 3 is 1.85 bits per heavy atom. The SMILES string of the molecule is OCC1CCC(C2CCCC2)CC1. The smallest absolute Gasteiger partial charge is 0.0459 e. The van der Waals surface area contributed by atoms with Gasteiger partial charge in [-0.1, -0.05) is 25.7 Å². The van der Waals surface area contributed by atoms with Crippen molar-refractivity contribution in [2.75, 3.05) is 6.61 Å². The molecule has 13 heavy (non-hydrogen) atoms. The van der Waals surface area contributed by atoms with Gasteiger partial charge in [-0.15, -0.1) is 0 Å². The van der Waals surface area contributed by atoms with E-state index >= 15 is 0 Å². The molecule has 0 atom stereocenters. The quantitative estimate of drug-likeness (QED) is 0.696. The Labute approximate surface area is 81.5 Å². The summed E-state index contributed by atoms with van der Waals surface area (Å²) in [5.41, 5.74) is 0. The third kappa shape index (κ3) is 2.25. The zero-order valence-electron chi connectivity index (χ0n) is 8.54. The maximum Gasteiger partial charge on any atom is 0.0459 e. The second-order valence-electron chi connectivity index (χ2n) is 5.01. The summed E-state index contributed by atoms with van der Waals surface area (Å²) in [6.45, 7) is 0.428. The van der Waals surface area contributed by atoms with E-state index in [0.29, 0.717) is 12.5 Å². The first kappa shape index (κ1) is 9.51. The van der Waals surface area contributed by atoms with E-state index in [1.54, 1.807) is 0 Å². The van der Waals surface area contributed by atoms with Crippen molar-refractivity contribution >= 4 is 0 Å². The van der Waals surface area contributed by atoms with Gasteiger partial charge in [0.2, 0.25) is 0 Å². The Morgan fingerprint density at radius 1 is 0.769 bits per heavy atom. The molecule has 2 saturated carbocycles. The van der Waals surface area contributed by atoms with E-state index in [1.807, 2.05) is 0 Å². The minimum absolute atomic E-state index is 0.428. The molecule has 1 N–H and O–H groups in total. The number of rotatable bonds is 2. The van der Waals surface area contributed by atoms with Crippen LogP contribution in [0.25, 0.3) is 0 Å². The monoisotopic (exact) mass is 182 g/mol. The van der Waals surface area contributed by atoms with Crippen LogP contribution in [0.1, 0.15) is 51.4 Å². The topological polar surface area (TPSA) is 20.2 Å².